The van der Waals surface area contributed by atoms with Crippen LogP contribution in [0.15, 0.2) is 18.7 Å². The topological polar surface area (TPSA) is 112 Å². The van der Waals surface area contributed by atoms with Gasteiger partial charge in [-0.05, 0) is 5.92 Å². The summed E-state index contributed by atoms with van der Waals surface area (Å²) in [5.74, 6) is 0.602. The van der Waals surface area contributed by atoms with E-state index in [0.717, 1.165) is 11.1 Å². The van der Waals surface area contributed by atoms with E-state index in [4.69, 9.17) is 20.3 Å². The van der Waals surface area contributed by atoms with Gasteiger partial charge in [0.25, 0.3) is 0 Å². The molecular weight excluding hydrogens is 431 g/mol. The molecule has 1 aliphatic rings. The normalized spacial score (nSPS) is 21.0. The Labute approximate surface area is 216 Å². The van der Waals surface area contributed by atoms with Crippen LogP contribution < -0.4 is 5.73 Å². The maximum atomic E-state index is 9.86. The highest BCUT2D eigenvalue weighted by Crippen LogP contribution is 2.80. The first kappa shape index (κ1) is 27.6. The summed E-state index contributed by atoms with van der Waals surface area (Å²) in [7, 11) is 22.0. The van der Waals surface area contributed by atoms with Gasteiger partial charge in [-0.15, -0.1) is 10.4 Å². The molecular formula is C19H34B8N6O2. The highest BCUT2D eigenvalue weighted by Gasteiger charge is 2.67. The van der Waals surface area contributed by atoms with Crippen molar-refractivity contribution in [2.75, 3.05) is 20.0 Å². The molecule has 1 aliphatic carbocycles. The zero-order chi connectivity index (χ0) is 26.4. The summed E-state index contributed by atoms with van der Waals surface area (Å²) in [6.07, 6.45) is 5.57. The molecule has 0 aliphatic heterocycles. The summed E-state index contributed by atoms with van der Waals surface area (Å²) in [4.78, 5) is 8.71. The minimum absolute atomic E-state index is 0.0394. The van der Waals surface area contributed by atoms with Gasteiger partial charge in [0, 0.05) is 38.0 Å². The highest BCUT2D eigenvalue weighted by molar-refractivity contribution is 6.68. The van der Waals surface area contributed by atoms with E-state index in [9.17, 15) is 5.26 Å². The monoisotopic (exact) mass is 466 g/mol. The molecule has 1 atom stereocenters. The van der Waals surface area contributed by atoms with Crippen molar-refractivity contribution in [3.05, 3.63) is 24.3 Å². The number of nitriles is 1. The standard InChI is InChI=1S/C19H34B8N6O2/c1-34-12(35-2)5-10-13(30-8-31-15(10)29)9-6-32-33(7-9)11(3-4-28)14-16(20,21)18(24,25)19(26,27)17(14,22)23/h6-8,11-12,14H,3,5,20-27H2,1-2H3,(H2,29,30,31)/t11-/m1/s1. The molecule has 0 radical (unpaired) electrons. The molecule has 2 heterocycles. The smallest absolute Gasteiger partial charge is 0.161 e. The van der Waals surface area contributed by atoms with Crippen LogP contribution >= 0.6 is 0 Å². The number of aromatic nitrogens is 4. The molecule has 16 heteroatoms. The number of nitrogens with two attached hydrogens (primary N) is 1. The third-order valence-corrected chi connectivity index (χ3v) is 10.1. The Balaban J connectivity index is 2.10. The minimum Gasteiger partial charge on any atom is -0.383 e. The summed E-state index contributed by atoms with van der Waals surface area (Å²) in [5, 5.41) is 14.6. The van der Waals surface area contributed by atoms with Gasteiger partial charge in [-0.25, -0.2) is 9.97 Å². The quantitative estimate of drug-likeness (QED) is 0.307. The molecule has 2 aromatic heterocycles. The fourth-order valence-corrected chi connectivity index (χ4v) is 6.66. The molecule has 176 valence electrons. The van der Waals surface area contributed by atoms with Crippen molar-refractivity contribution in [3.63, 3.8) is 0 Å². The minimum atomic E-state index is -0.465. The van der Waals surface area contributed by atoms with Crippen LogP contribution in [0.2, 0.25) is 20.9 Å². The van der Waals surface area contributed by atoms with Crippen molar-refractivity contribution >= 4 is 68.6 Å². The maximum Gasteiger partial charge on any atom is 0.161 e. The number of hydrogen-bond acceptors (Lipinski definition) is 7. The second kappa shape index (κ2) is 9.48. The van der Waals surface area contributed by atoms with Crippen LogP contribution in [0.25, 0.3) is 11.3 Å². The van der Waals surface area contributed by atoms with Crippen molar-refractivity contribution in [3.8, 4) is 17.3 Å². The van der Waals surface area contributed by atoms with Crippen LogP contribution in [-0.2, 0) is 15.9 Å². The van der Waals surface area contributed by atoms with Gasteiger partial charge in [-0.2, -0.15) is 10.4 Å². The predicted octanol–water partition coefficient (Wildman–Crippen LogP) is -5.30. The third kappa shape index (κ3) is 4.19. The number of ether oxygens (including phenoxy) is 2. The van der Waals surface area contributed by atoms with Crippen LogP contribution in [0, 0.1) is 17.2 Å². The van der Waals surface area contributed by atoms with Crippen LogP contribution in [0.1, 0.15) is 18.0 Å². The van der Waals surface area contributed by atoms with E-state index in [1.54, 1.807) is 20.4 Å². The van der Waals surface area contributed by atoms with E-state index < -0.39 is 6.29 Å². The molecule has 0 aromatic carbocycles. The van der Waals surface area contributed by atoms with Gasteiger partial charge in [0.05, 0.1) is 93.2 Å². The Morgan fingerprint density at radius 1 is 1.06 bits per heavy atom. The SMILES string of the molecule is BC1(B)C([C@@H](CC#N)n2cc(-c3ncnc(N)c3CC(OC)OC)cn2)C(B)(B)C(B)(B)C1(B)B. The molecule has 35 heavy (non-hydrogen) atoms. The average Bonchev–Trinajstić information content (AvgIpc) is 3.28. The number of rotatable bonds is 8. The van der Waals surface area contributed by atoms with Gasteiger partial charge < -0.3 is 15.2 Å². The lowest BCUT2D eigenvalue weighted by Crippen LogP contribution is -2.39. The average molecular weight is 465 g/mol. The van der Waals surface area contributed by atoms with E-state index in [0.29, 0.717) is 24.4 Å². The zero-order valence-electron chi connectivity index (χ0n) is 23.0. The van der Waals surface area contributed by atoms with Gasteiger partial charge in [-0.1, -0.05) is 10.4 Å². The first-order chi connectivity index (χ1) is 16.2. The lowest BCUT2D eigenvalue weighted by Gasteiger charge is -2.49. The van der Waals surface area contributed by atoms with Crippen molar-refractivity contribution in [1.82, 2.24) is 19.7 Å². The van der Waals surface area contributed by atoms with E-state index >= 15 is 0 Å². The van der Waals surface area contributed by atoms with Crippen LogP contribution in [0.3, 0.4) is 0 Å². The molecule has 2 N–H and O–H groups in total. The number of hydrogen-bond donors (Lipinski definition) is 1. The number of nitrogens with zero attached hydrogens (tertiary/aromatic N) is 5. The Kier molecular flexibility index (Phi) is 7.47. The van der Waals surface area contributed by atoms with Gasteiger partial charge in [-0.3, -0.25) is 4.68 Å². The second-order valence-electron chi connectivity index (χ2n) is 12.0. The van der Waals surface area contributed by atoms with Crippen LogP contribution in [0.4, 0.5) is 5.82 Å². The molecule has 0 amide bonds. The number of anilines is 1. The fraction of sp³-hybridized carbons (Fsp3) is 0.579. The molecule has 0 bridgehead atoms. The van der Waals surface area contributed by atoms with E-state index in [1.807, 2.05) is 10.9 Å². The predicted molar refractivity (Wildman–Crippen MR) is 161 cm³/mol. The molecule has 0 spiro atoms. The van der Waals surface area contributed by atoms with Gasteiger partial charge >= 0.3 is 0 Å². The summed E-state index contributed by atoms with van der Waals surface area (Å²) in [5.41, 5.74) is 8.51. The first-order valence-corrected chi connectivity index (χ1v) is 12.3. The fourth-order valence-electron chi connectivity index (χ4n) is 6.66. The van der Waals surface area contributed by atoms with Crippen LogP contribution in [-0.4, -0.2) is 103 Å². The van der Waals surface area contributed by atoms with Gasteiger partial charge in [0.2, 0.25) is 0 Å². The molecule has 3 rings (SSSR count). The van der Waals surface area contributed by atoms with Crippen molar-refractivity contribution in [2.24, 2.45) is 5.92 Å². The molecule has 1 saturated carbocycles. The van der Waals surface area contributed by atoms with E-state index in [2.05, 4.69) is 78.8 Å². The third-order valence-electron chi connectivity index (χ3n) is 10.1. The van der Waals surface area contributed by atoms with Gasteiger partial charge in [0.1, 0.15) is 12.1 Å². The summed E-state index contributed by atoms with van der Waals surface area (Å²) in [6.45, 7) is 0. The highest BCUT2D eigenvalue weighted by atomic mass is 16.7. The zero-order valence-corrected chi connectivity index (χ0v) is 23.0. The lowest BCUT2D eigenvalue weighted by atomic mass is 9.17. The number of methoxy groups -OCH3 is 2. The van der Waals surface area contributed by atoms with E-state index in [1.165, 1.54) is 6.33 Å². The largest absolute Gasteiger partial charge is 0.383 e. The Bertz CT molecular complexity index is 1090. The molecule has 1 fully saturated rings. The Morgan fingerprint density at radius 3 is 2.14 bits per heavy atom. The van der Waals surface area contributed by atoms with Crippen LogP contribution in [0.5, 0.6) is 0 Å². The van der Waals surface area contributed by atoms with Crippen molar-refractivity contribution in [1.29, 1.82) is 5.26 Å². The van der Waals surface area contributed by atoms with Crippen molar-refractivity contribution in [2.45, 2.75) is 46.0 Å². The molecule has 2 aromatic rings. The lowest BCUT2D eigenvalue weighted by molar-refractivity contribution is -0.100. The Hall–Kier alpha value is -1.98. The molecule has 8 nitrogen and oxygen atoms in total. The summed E-state index contributed by atoms with van der Waals surface area (Å²) in [6, 6.07) is 2.36. The maximum absolute atomic E-state index is 9.86. The first-order valence-electron chi connectivity index (χ1n) is 12.3. The molecule has 0 unspecified atom stereocenters. The Morgan fingerprint density at radius 2 is 1.63 bits per heavy atom. The summed E-state index contributed by atoms with van der Waals surface area (Å²) < 4.78 is 12.7. The second-order valence-corrected chi connectivity index (χ2v) is 12.0. The van der Waals surface area contributed by atoms with Gasteiger partial charge in [0.15, 0.2) is 6.29 Å². The number of nitrogen functional groups attached to an aromatic ring is 1. The van der Waals surface area contributed by atoms with Crippen molar-refractivity contribution < 1.29 is 9.47 Å². The molecule has 0 saturated heterocycles. The van der Waals surface area contributed by atoms with E-state index in [-0.39, 0.29) is 32.8 Å². The summed E-state index contributed by atoms with van der Waals surface area (Å²) >= 11 is 0.